The van der Waals surface area contributed by atoms with Crippen molar-refractivity contribution in [3.05, 3.63) is 0 Å². The van der Waals surface area contributed by atoms with Crippen molar-refractivity contribution in [2.75, 3.05) is 13.1 Å². The van der Waals surface area contributed by atoms with E-state index in [0.717, 1.165) is 5.92 Å². The summed E-state index contributed by atoms with van der Waals surface area (Å²) in [5.74, 6) is 0.986. The van der Waals surface area contributed by atoms with Gasteiger partial charge in [-0.2, -0.15) is 0 Å². The second-order valence-corrected chi connectivity index (χ2v) is 5.61. The average Bonchev–Trinajstić information content (AvgIpc) is 2.55. The lowest BCUT2D eigenvalue weighted by Crippen LogP contribution is -2.24. The summed E-state index contributed by atoms with van der Waals surface area (Å²) in [5.41, 5.74) is 1.24. The van der Waals surface area contributed by atoms with Crippen LogP contribution in [0.15, 0.2) is 0 Å². The van der Waals surface area contributed by atoms with Gasteiger partial charge in [-0.25, -0.2) is 0 Å². The van der Waals surface area contributed by atoms with Gasteiger partial charge in [0.1, 0.15) is 0 Å². The molecular weight excluding hydrogens is 146 g/mol. The van der Waals surface area contributed by atoms with Crippen LogP contribution in [0.1, 0.15) is 40.0 Å². The van der Waals surface area contributed by atoms with Crippen molar-refractivity contribution < 1.29 is 0 Å². The zero-order valence-corrected chi connectivity index (χ0v) is 8.61. The van der Waals surface area contributed by atoms with Crippen molar-refractivity contribution in [2.24, 2.45) is 16.7 Å². The molecule has 2 aliphatic rings. The van der Waals surface area contributed by atoms with Gasteiger partial charge in [-0.05, 0) is 49.1 Å². The molecule has 1 aliphatic carbocycles. The summed E-state index contributed by atoms with van der Waals surface area (Å²) in [7, 11) is 0. The fraction of sp³-hybridized carbons (Fsp3) is 1.00. The first-order valence-electron chi connectivity index (χ1n) is 5.27. The van der Waals surface area contributed by atoms with Gasteiger partial charge in [0.15, 0.2) is 0 Å². The lowest BCUT2D eigenvalue weighted by Gasteiger charge is -2.31. The van der Waals surface area contributed by atoms with E-state index in [2.05, 4.69) is 26.1 Å². The SMILES string of the molecule is CC(C)(C)C12CCCNCC1C2. The summed E-state index contributed by atoms with van der Waals surface area (Å²) in [4.78, 5) is 0. The molecule has 0 spiro atoms. The first-order chi connectivity index (χ1) is 5.56. The zero-order chi connectivity index (χ0) is 8.82. The van der Waals surface area contributed by atoms with Crippen molar-refractivity contribution in [1.82, 2.24) is 5.32 Å². The molecule has 1 saturated heterocycles. The third kappa shape index (κ3) is 1.10. The molecule has 2 rings (SSSR count). The van der Waals surface area contributed by atoms with Crippen molar-refractivity contribution >= 4 is 0 Å². The normalized spacial score (nSPS) is 41.8. The highest BCUT2D eigenvalue weighted by molar-refractivity contribution is 5.10. The van der Waals surface area contributed by atoms with Crippen molar-refractivity contribution in [3.8, 4) is 0 Å². The fourth-order valence-corrected chi connectivity index (χ4v) is 3.05. The minimum atomic E-state index is 0.531. The lowest BCUT2D eigenvalue weighted by molar-refractivity contribution is 0.182. The Hall–Kier alpha value is -0.0400. The monoisotopic (exact) mass is 167 g/mol. The molecule has 0 aromatic heterocycles. The predicted octanol–water partition coefficient (Wildman–Crippen LogP) is 2.42. The fourth-order valence-electron chi connectivity index (χ4n) is 3.05. The van der Waals surface area contributed by atoms with Gasteiger partial charge in [0.2, 0.25) is 0 Å². The molecule has 0 aromatic rings. The molecular formula is C11H21N. The van der Waals surface area contributed by atoms with E-state index in [4.69, 9.17) is 0 Å². The van der Waals surface area contributed by atoms with E-state index in [0.29, 0.717) is 10.8 Å². The van der Waals surface area contributed by atoms with Gasteiger partial charge in [-0.1, -0.05) is 20.8 Å². The molecule has 0 bridgehead atoms. The van der Waals surface area contributed by atoms with Gasteiger partial charge in [0.05, 0.1) is 0 Å². The molecule has 0 radical (unpaired) electrons. The van der Waals surface area contributed by atoms with Gasteiger partial charge >= 0.3 is 0 Å². The van der Waals surface area contributed by atoms with Crippen LogP contribution in [0, 0.1) is 16.7 Å². The largest absolute Gasteiger partial charge is 0.316 e. The summed E-state index contributed by atoms with van der Waals surface area (Å²) in [6.07, 6.45) is 4.31. The summed E-state index contributed by atoms with van der Waals surface area (Å²) in [6, 6.07) is 0. The van der Waals surface area contributed by atoms with Crippen molar-refractivity contribution in [3.63, 3.8) is 0 Å². The highest BCUT2D eigenvalue weighted by Gasteiger charge is 2.59. The topological polar surface area (TPSA) is 12.0 Å². The third-order valence-corrected chi connectivity index (χ3v) is 4.09. The van der Waals surface area contributed by atoms with Crippen molar-refractivity contribution in [1.29, 1.82) is 0 Å². The maximum absolute atomic E-state index is 3.54. The molecule has 1 saturated carbocycles. The molecule has 2 atom stereocenters. The highest BCUT2D eigenvalue weighted by Crippen LogP contribution is 2.66. The second kappa shape index (κ2) is 2.47. The summed E-state index contributed by atoms with van der Waals surface area (Å²) in [5, 5.41) is 3.54. The van der Waals surface area contributed by atoms with E-state index in [-0.39, 0.29) is 0 Å². The second-order valence-electron chi connectivity index (χ2n) is 5.61. The van der Waals surface area contributed by atoms with Crippen LogP contribution in [0.3, 0.4) is 0 Å². The van der Waals surface area contributed by atoms with Crippen LogP contribution in [0.5, 0.6) is 0 Å². The maximum Gasteiger partial charge on any atom is -0.00148 e. The van der Waals surface area contributed by atoms with Crippen LogP contribution in [0.2, 0.25) is 0 Å². The van der Waals surface area contributed by atoms with Crippen LogP contribution in [-0.2, 0) is 0 Å². The number of nitrogens with one attached hydrogen (secondary N) is 1. The number of hydrogen-bond acceptors (Lipinski definition) is 1. The average molecular weight is 167 g/mol. The van der Waals surface area contributed by atoms with E-state index in [1.807, 2.05) is 0 Å². The van der Waals surface area contributed by atoms with Gasteiger partial charge in [0, 0.05) is 0 Å². The molecule has 1 aliphatic heterocycles. The van der Waals surface area contributed by atoms with Gasteiger partial charge in [-0.3, -0.25) is 0 Å². The van der Waals surface area contributed by atoms with Crippen LogP contribution < -0.4 is 5.32 Å². The molecule has 70 valence electrons. The number of fused-ring (bicyclic) bond motifs is 1. The maximum atomic E-state index is 3.54. The minimum absolute atomic E-state index is 0.531. The molecule has 1 N–H and O–H groups in total. The molecule has 2 unspecified atom stereocenters. The Bertz CT molecular complexity index is 180. The van der Waals surface area contributed by atoms with Crippen LogP contribution in [0.4, 0.5) is 0 Å². The summed E-state index contributed by atoms with van der Waals surface area (Å²) in [6.45, 7) is 9.76. The van der Waals surface area contributed by atoms with Crippen molar-refractivity contribution in [2.45, 2.75) is 40.0 Å². The highest BCUT2D eigenvalue weighted by atomic mass is 14.9. The quantitative estimate of drug-likeness (QED) is 0.584. The third-order valence-electron chi connectivity index (χ3n) is 4.09. The van der Waals surface area contributed by atoms with E-state index in [1.165, 1.54) is 32.4 Å². The molecule has 1 heterocycles. The summed E-state index contributed by atoms with van der Waals surface area (Å²) < 4.78 is 0. The Morgan fingerprint density at radius 3 is 2.75 bits per heavy atom. The summed E-state index contributed by atoms with van der Waals surface area (Å²) >= 11 is 0. The molecule has 1 heteroatoms. The van der Waals surface area contributed by atoms with E-state index >= 15 is 0 Å². The van der Waals surface area contributed by atoms with Gasteiger partial charge < -0.3 is 5.32 Å². The Kier molecular flexibility index (Phi) is 1.76. The molecule has 2 fully saturated rings. The van der Waals surface area contributed by atoms with Crippen LogP contribution in [0.25, 0.3) is 0 Å². The number of hydrogen-bond donors (Lipinski definition) is 1. The first kappa shape index (κ1) is 8.55. The lowest BCUT2D eigenvalue weighted by atomic mass is 9.73. The Morgan fingerprint density at radius 2 is 2.08 bits per heavy atom. The van der Waals surface area contributed by atoms with E-state index < -0.39 is 0 Å². The molecule has 0 aromatic carbocycles. The molecule has 1 nitrogen and oxygen atoms in total. The molecule has 12 heavy (non-hydrogen) atoms. The predicted molar refractivity (Wildman–Crippen MR) is 52.1 cm³/mol. The number of rotatable bonds is 0. The van der Waals surface area contributed by atoms with E-state index in [1.54, 1.807) is 0 Å². The van der Waals surface area contributed by atoms with Gasteiger partial charge in [-0.15, -0.1) is 0 Å². The minimum Gasteiger partial charge on any atom is -0.316 e. The van der Waals surface area contributed by atoms with E-state index in [9.17, 15) is 0 Å². The standard InChI is InChI=1S/C11H21N/c1-10(2,3)11-5-4-6-12-8-9(11)7-11/h9,12H,4-8H2,1-3H3. The van der Waals surface area contributed by atoms with Crippen LogP contribution >= 0.6 is 0 Å². The zero-order valence-electron chi connectivity index (χ0n) is 8.61. The smallest absolute Gasteiger partial charge is 0.00148 e. The molecule has 0 amide bonds. The first-order valence-corrected chi connectivity index (χ1v) is 5.27. The van der Waals surface area contributed by atoms with Crippen LogP contribution in [-0.4, -0.2) is 13.1 Å². The Morgan fingerprint density at radius 1 is 1.33 bits per heavy atom. The Labute approximate surface area is 75.9 Å². The Balaban J connectivity index is 2.12. The van der Waals surface area contributed by atoms with Gasteiger partial charge in [0.25, 0.3) is 0 Å².